The topological polar surface area (TPSA) is 155 Å². The van der Waals surface area contributed by atoms with Crippen LogP contribution in [0.4, 0.5) is 0 Å². The molecule has 0 aliphatic rings. The van der Waals surface area contributed by atoms with Crippen LogP contribution in [0.15, 0.2) is 0 Å². The normalized spacial score (nSPS) is 8.41. The molecule has 10 heteroatoms. The fourth-order valence-electron chi connectivity index (χ4n) is 0.433. The van der Waals surface area contributed by atoms with Crippen LogP contribution < -0.4 is 30.0 Å². The number of phosphoric acid groups is 1. The van der Waals surface area contributed by atoms with Gasteiger partial charge < -0.3 is 34.6 Å². The molecule has 0 bridgehead atoms. The molecule has 7 nitrogen and oxygen atoms in total. The average molecular weight is 368 g/mol. The summed E-state index contributed by atoms with van der Waals surface area (Å²) in [4.78, 5) is 25.6. The first-order chi connectivity index (χ1) is 9.24. The van der Waals surface area contributed by atoms with Crippen LogP contribution in [-0.2, 0) is 4.57 Å². The van der Waals surface area contributed by atoms with Gasteiger partial charge in [-0.05, 0) is 0 Å². The fourth-order valence-corrected chi connectivity index (χ4v) is 0.433. The summed E-state index contributed by atoms with van der Waals surface area (Å²) in [6.07, 6.45) is 5.59. The van der Waals surface area contributed by atoms with Gasteiger partial charge in [0.2, 0.25) is 0 Å². The molecule has 0 aliphatic heterocycles. The SMILES string of the molecule is CCCC[O-].CCCC[O-].CCCC[O-].O=P([O-])([O-])[O-].[Al+3].[Al+3]. The van der Waals surface area contributed by atoms with Crippen molar-refractivity contribution in [3.8, 4) is 0 Å². The van der Waals surface area contributed by atoms with Crippen LogP contribution in [0, 0.1) is 0 Å². The molecule has 128 valence electrons. The van der Waals surface area contributed by atoms with E-state index in [1.54, 1.807) is 0 Å². The van der Waals surface area contributed by atoms with Crippen molar-refractivity contribution in [2.45, 2.75) is 59.3 Å². The molecule has 22 heavy (non-hydrogen) atoms. The van der Waals surface area contributed by atoms with E-state index < -0.39 is 7.82 Å². The van der Waals surface area contributed by atoms with Crippen molar-refractivity contribution in [2.24, 2.45) is 0 Å². The first kappa shape index (κ1) is 38.6. The maximum atomic E-state index is 9.53. The third kappa shape index (κ3) is 170. The monoisotopic (exact) mass is 368 g/mol. The van der Waals surface area contributed by atoms with E-state index in [9.17, 15) is 15.3 Å². The zero-order valence-corrected chi connectivity index (χ0v) is 17.0. The van der Waals surface area contributed by atoms with Gasteiger partial charge in [0.1, 0.15) is 0 Å². The van der Waals surface area contributed by atoms with Gasteiger partial charge in [0.15, 0.2) is 0 Å². The van der Waals surface area contributed by atoms with E-state index in [2.05, 4.69) is 0 Å². The Morgan fingerprint density at radius 3 is 0.773 bits per heavy atom. The van der Waals surface area contributed by atoms with E-state index >= 15 is 0 Å². The third-order valence-electron chi connectivity index (χ3n) is 1.49. The zero-order valence-electron chi connectivity index (χ0n) is 13.8. The van der Waals surface area contributed by atoms with E-state index in [1.165, 1.54) is 0 Å². The molecule has 0 heterocycles. The summed E-state index contributed by atoms with van der Waals surface area (Å²) >= 11 is 0. The van der Waals surface area contributed by atoms with Crippen LogP contribution >= 0.6 is 7.82 Å². The fraction of sp³-hybridized carbons (Fsp3) is 1.00. The Hall–Kier alpha value is 1.05. The molecule has 0 rings (SSSR count). The first-order valence-electron chi connectivity index (χ1n) is 6.72. The molecule has 0 aromatic rings. The van der Waals surface area contributed by atoms with Gasteiger partial charge in [0.25, 0.3) is 0 Å². The Labute approximate surface area is 156 Å². The second kappa shape index (κ2) is 37.9. The van der Waals surface area contributed by atoms with Crippen molar-refractivity contribution in [1.29, 1.82) is 0 Å². The largest absolute Gasteiger partial charge is 3.00 e. The van der Waals surface area contributed by atoms with Crippen molar-refractivity contribution in [1.82, 2.24) is 0 Å². The van der Waals surface area contributed by atoms with Gasteiger partial charge in [0, 0.05) is 0 Å². The molecule has 0 saturated heterocycles. The van der Waals surface area contributed by atoms with Gasteiger partial charge >= 0.3 is 34.7 Å². The molecule has 0 aliphatic carbocycles. The van der Waals surface area contributed by atoms with Crippen LogP contribution in [0.1, 0.15) is 59.3 Å². The Kier molecular flexibility index (Phi) is 66.5. The summed E-state index contributed by atoms with van der Waals surface area (Å²) in [6.45, 7) is 6.32. The van der Waals surface area contributed by atoms with E-state index in [0.717, 1.165) is 38.5 Å². The molecule has 0 fully saturated rings. The molecule has 0 radical (unpaired) electrons. The zero-order chi connectivity index (χ0) is 16.9. The average Bonchev–Trinajstić information content (AvgIpc) is 2.31. The van der Waals surface area contributed by atoms with Gasteiger partial charge in [-0.1, -0.05) is 59.3 Å². The standard InChI is InChI=1S/3C4H9O.2Al.H3O4P/c3*1-2-3-4-5;;;1-5(2,3)4/h3*2-4H2,1H3;;;(H3,1,2,3,4)/q3*-1;2*+3;/p-3. The van der Waals surface area contributed by atoms with Crippen molar-refractivity contribution in [3.05, 3.63) is 0 Å². The summed E-state index contributed by atoms with van der Waals surface area (Å²) < 4.78 is 8.55. The minimum absolute atomic E-state index is 0. The van der Waals surface area contributed by atoms with Crippen LogP contribution in [0.3, 0.4) is 0 Å². The molecule has 0 atom stereocenters. The molecule has 0 amide bonds. The summed E-state index contributed by atoms with van der Waals surface area (Å²) in [6, 6.07) is 0. The predicted molar refractivity (Wildman–Crippen MR) is 78.4 cm³/mol. The Balaban J connectivity index is -0.0000000376. The third-order valence-corrected chi connectivity index (χ3v) is 1.49. The maximum Gasteiger partial charge on any atom is 3.00 e. The number of unbranched alkanes of at least 4 members (excludes halogenated alkanes) is 3. The Morgan fingerprint density at radius 2 is 0.773 bits per heavy atom. The summed E-state index contributed by atoms with van der Waals surface area (Å²) in [7, 11) is -5.39. The molecular weight excluding hydrogens is 341 g/mol. The van der Waals surface area contributed by atoms with Crippen molar-refractivity contribution >= 4 is 42.5 Å². The smallest absolute Gasteiger partial charge is 0.854 e. The predicted octanol–water partition coefficient (Wildman–Crippen LogP) is -3.15. The molecular formula is C12H27Al2O7P. The van der Waals surface area contributed by atoms with E-state index in [4.69, 9.17) is 19.2 Å². The van der Waals surface area contributed by atoms with Crippen LogP contribution in [-0.4, -0.2) is 54.5 Å². The Bertz CT molecular complexity index is 154. The molecule has 0 spiro atoms. The van der Waals surface area contributed by atoms with Gasteiger partial charge in [0.05, 0.1) is 0 Å². The van der Waals surface area contributed by atoms with Crippen LogP contribution in [0.5, 0.6) is 0 Å². The number of hydrogen-bond acceptors (Lipinski definition) is 7. The van der Waals surface area contributed by atoms with Gasteiger partial charge in [-0.2, -0.15) is 7.82 Å². The maximum absolute atomic E-state index is 9.53. The van der Waals surface area contributed by atoms with Crippen molar-refractivity contribution < 1.29 is 34.6 Å². The van der Waals surface area contributed by atoms with Crippen molar-refractivity contribution in [3.63, 3.8) is 0 Å². The van der Waals surface area contributed by atoms with Crippen LogP contribution in [0.25, 0.3) is 0 Å². The van der Waals surface area contributed by atoms with Crippen molar-refractivity contribution in [2.75, 3.05) is 19.8 Å². The minimum Gasteiger partial charge on any atom is -0.854 e. The first-order valence-corrected chi connectivity index (χ1v) is 8.18. The van der Waals surface area contributed by atoms with E-state index in [1.807, 2.05) is 20.8 Å². The molecule has 0 unspecified atom stereocenters. The van der Waals surface area contributed by atoms with Gasteiger partial charge in [-0.15, -0.1) is 19.8 Å². The summed E-state index contributed by atoms with van der Waals surface area (Å²) in [5.41, 5.74) is 0. The van der Waals surface area contributed by atoms with E-state index in [-0.39, 0.29) is 54.5 Å². The minimum atomic E-state index is -5.39. The summed E-state index contributed by atoms with van der Waals surface area (Å²) in [5.74, 6) is 0. The Morgan fingerprint density at radius 1 is 0.636 bits per heavy atom. The molecule has 0 aromatic heterocycles. The molecule has 0 N–H and O–H groups in total. The molecule has 0 aromatic carbocycles. The number of hydrogen-bond donors (Lipinski definition) is 0. The second-order valence-electron chi connectivity index (χ2n) is 3.62. The quantitative estimate of drug-likeness (QED) is 0.354. The van der Waals surface area contributed by atoms with Crippen LogP contribution in [0.2, 0.25) is 0 Å². The van der Waals surface area contributed by atoms with Gasteiger partial charge in [-0.25, -0.2) is 0 Å². The second-order valence-corrected chi connectivity index (χ2v) is 4.51. The summed E-state index contributed by atoms with van der Waals surface area (Å²) in [5, 5.41) is 28.6. The number of rotatable bonds is 6. The van der Waals surface area contributed by atoms with E-state index in [0.29, 0.717) is 0 Å². The van der Waals surface area contributed by atoms with Gasteiger partial charge in [-0.3, -0.25) is 0 Å². The molecule has 0 saturated carbocycles.